The van der Waals surface area contributed by atoms with Gasteiger partial charge in [-0.25, -0.2) is 8.42 Å². The van der Waals surface area contributed by atoms with Crippen molar-refractivity contribution >= 4 is 27.1 Å². The van der Waals surface area contributed by atoms with Gasteiger partial charge >= 0.3 is 0 Å². The van der Waals surface area contributed by atoms with Crippen LogP contribution in [0, 0.1) is 11.3 Å². The van der Waals surface area contributed by atoms with Crippen molar-refractivity contribution < 1.29 is 13.2 Å². The molecule has 0 unspecified atom stereocenters. The summed E-state index contributed by atoms with van der Waals surface area (Å²) >= 11 is 0. The number of rotatable bonds is 3. The van der Waals surface area contributed by atoms with Gasteiger partial charge in [-0.3, -0.25) is 4.79 Å². The highest BCUT2D eigenvalue weighted by Gasteiger charge is 2.46. The van der Waals surface area contributed by atoms with E-state index in [-0.39, 0.29) is 22.8 Å². The van der Waals surface area contributed by atoms with Crippen LogP contribution in [0.15, 0.2) is 24.3 Å². The number of piperidine rings is 1. The molecule has 0 saturated carbocycles. The summed E-state index contributed by atoms with van der Waals surface area (Å²) in [5.41, 5.74) is 2.45. The van der Waals surface area contributed by atoms with Gasteiger partial charge in [0.05, 0.1) is 17.5 Å². The molecule has 7 heteroatoms. The Balaban J connectivity index is 1.54. The van der Waals surface area contributed by atoms with E-state index in [4.69, 9.17) is 0 Å². The Morgan fingerprint density at radius 2 is 1.66 bits per heavy atom. The van der Waals surface area contributed by atoms with Crippen LogP contribution in [0.3, 0.4) is 0 Å². The first-order chi connectivity index (χ1) is 13.7. The number of carbonyl (C=O) groups is 1. The molecule has 0 aliphatic carbocycles. The van der Waals surface area contributed by atoms with E-state index in [1.54, 1.807) is 0 Å². The molecule has 2 bridgehead atoms. The molecule has 0 N–H and O–H groups in total. The Morgan fingerprint density at radius 1 is 1.03 bits per heavy atom. The average molecular weight is 420 g/mol. The van der Waals surface area contributed by atoms with Crippen molar-refractivity contribution in [2.45, 2.75) is 39.7 Å². The molecule has 1 amide bonds. The summed E-state index contributed by atoms with van der Waals surface area (Å²) in [5.74, 6) is 1.22. The maximum absolute atomic E-state index is 12.4. The van der Waals surface area contributed by atoms with Crippen molar-refractivity contribution in [1.82, 2.24) is 4.90 Å². The van der Waals surface area contributed by atoms with E-state index in [0.29, 0.717) is 31.5 Å². The molecule has 160 valence electrons. The van der Waals surface area contributed by atoms with E-state index < -0.39 is 9.84 Å². The van der Waals surface area contributed by atoms with Crippen LogP contribution in [-0.2, 0) is 14.6 Å². The fourth-order valence-corrected chi connectivity index (χ4v) is 6.57. The second-order valence-corrected chi connectivity index (χ2v) is 11.8. The number of fused-ring (bicyclic) bond motifs is 4. The molecule has 4 aliphatic rings. The largest absolute Gasteiger partial charge is 0.369 e. The molecule has 4 heterocycles. The van der Waals surface area contributed by atoms with Gasteiger partial charge in [0.1, 0.15) is 0 Å². The van der Waals surface area contributed by atoms with Crippen molar-refractivity contribution in [1.29, 1.82) is 0 Å². The zero-order valence-corrected chi connectivity index (χ0v) is 18.6. The average Bonchev–Trinajstić information content (AvgIpc) is 2.94. The minimum Gasteiger partial charge on any atom is -0.369 e. The van der Waals surface area contributed by atoms with Crippen LogP contribution in [0.5, 0.6) is 0 Å². The van der Waals surface area contributed by atoms with Gasteiger partial charge in [-0.05, 0) is 42.0 Å². The standard InChI is InChI=1S/C22H33N3O3S/c1-4-21(26)24-14-17-13-22(2,3)20(16-24)25(15-17)19-7-5-18(6-8-19)23-9-11-29(27,28)12-10-23/h5-8,17,20H,4,9-16H2,1-3H3/t17-,20-/m1/s1. The number of hydrogen-bond donors (Lipinski definition) is 0. The van der Waals surface area contributed by atoms with Gasteiger partial charge in [0.25, 0.3) is 0 Å². The molecule has 4 saturated heterocycles. The molecule has 4 fully saturated rings. The Labute approximate surface area is 174 Å². The fourth-order valence-electron chi connectivity index (χ4n) is 5.37. The number of hydrogen-bond acceptors (Lipinski definition) is 5. The topological polar surface area (TPSA) is 60.9 Å². The lowest BCUT2D eigenvalue weighted by molar-refractivity contribution is -0.131. The minimum absolute atomic E-state index is 0.158. The van der Waals surface area contributed by atoms with Crippen LogP contribution >= 0.6 is 0 Å². The third-order valence-electron chi connectivity index (χ3n) is 6.97. The van der Waals surface area contributed by atoms with Crippen LogP contribution in [-0.4, -0.2) is 69.5 Å². The monoisotopic (exact) mass is 419 g/mol. The SMILES string of the molecule is CCC(=O)N1C[C@@H]2CN(c3ccc(N4CCS(=O)(=O)CC4)cc3)[C@H](C1)C(C)(C)C2. The van der Waals surface area contributed by atoms with E-state index in [1.165, 1.54) is 5.69 Å². The number of sulfone groups is 1. The van der Waals surface area contributed by atoms with Crippen LogP contribution in [0.1, 0.15) is 33.6 Å². The van der Waals surface area contributed by atoms with Gasteiger partial charge in [0, 0.05) is 50.5 Å². The summed E-state index contributed by atoms with van der Waals surface area (Å²) < 4.78 is 23.4. The summed E-state index contributed by atoms with van der Waals surface area (Å²) in [6.45, 7) is 10.4. The van der Waals surface area contributed by atoms with Gasteiger partial charge < -0.3 is 14.7 Å². The Bertz CT molecular complexity index is 852. The Morgan fingerprint density at radius 3 is 2.28 bits per heavy atom. The number of nitrogens with zero attached hydrogens (tertiary/aromatic N) is 3. The molecule has 4 aliphatic heterocycles. The second kappa shape index (κ2) is 7.49. The maximum Gasteiger partial charge on any atom is 0.222 e. The number of anilines is 2. The molecular formula is C22H33N3O3S. The molecule has 0 aromatic heterocycles. The highest BCUT2D eigenvalue weighted by molar-refractivity contribution is 7.91. The van der Waals surface area contributed by atoms with Gasteiger partial charge in [0.15, 0.2) is 9.84 Å². The van der Waals surface area contributed by atoms with E-state index in [1.807, 2.05) is 6.92 Å². The van der Waals surface area contributed by atoms with E-state index in [0.717, 1.165) is 31.7 Å². The first-order valence-electron chi connectivity index (χ1n) is 10.8. The molecule has 1 aromatic carbocycles. The van der Waals surface area contributed by atoms with Crippen molar-refractivity contribution in [2.75, 3.05) is 54.0 Å². The highest BCUT2D eigenvalue weighted by Crippen LogP contribution is 2.43. The van der Waals surface area contributed by atoms with Crippen molar-refractivity contribution in [3.63, 3.8) is 0 Å². The zero-order valence-electron chi connectivity index (χ0n) is 17.8. The van der Waals surface area contributed by atoms with Crippen LogP contribution in [0.2, 0.25) is 0 Å². The third-order valence-corrected chi connectivity index (χ3v) is 8.58. The van der Waals surface area contributed by atoms with Crippen molar-refractivity contribution in [3.8, 4) is 0 Å². The summed E-state index contributed by atoms with van der Waals surface area (Å²) in [4.78, 5) is 19.2. The third kappa shape index (κ3) is 4.11. The minimum atomic E-state index is -2.87. The Hall–Kier alpha value is -1.76. The molecule has 0 spiro atoms. The zero-order chi connectivity index (χ0) is 20.8. The summed E-state index contributed by atoms with van der Waals surface area (Å²) in [6, 6.07) is 8.88. The van der Waals surface area contributed by atoms with E-state index in [9.17, 15) is 13.2 Å². The lowest BCUT2D eigenvalue weighted by Gasteiger charge is -2.48. The lowest BCUT2D eigenvalue weighted by atomic mass is 9.73. The number of carbonyl (C=O) groups excluding carboxylic acids is 1. The highest BCUT2D eigenvalue weighted by atomic mass is 32.2. The smallest absolute Gasteiger partial charge is 0.222 e. The van der Waals surface area contributed by atoms with Crippen LogP contribution < -0.4 is 9.80 Å². The molecule has 6 nitrogen and oxygen atoms in total. The van der Waals surface area contributed by atoms with E-state index in [2.05, 4.69) is 52.8 Å². The molecule has 2 atom stereocenters. The summed E-state index contributed by atoms with van der Waals surface area (Å²) in [5, 5.41) is 0. The van der Waals surface area contributed by atoms with Crippen molar-refractivity contribution in [2.24, 2.45) is 11.3 Å². The summed E-state index contributed by atoms with van der Waals surface area (Å²) in [6.07, 6.45) is 1.72. The van der Waals surface area contributed by atoms with E-state index >= 15 is 0 Å². The van der Waals surface area contributed by atoms with Gasteiger partial charge in [0.2, 0.25) is 5.91 Å². The molecule has 29 heavy (non-hydrogen) atoms. The maximum atomic E-state index is 12.4. The van der Waals surface area contributed by atoms with Gasteiger partial charge in [-0.1, -0.05) is 20.8 Å². The number of benzene rings is 1. The molecular weight excluding hydrogens is 386 g/mol. The predicted octanol–water partition coefficient (Wildman–Crippen LogP) is 2.39. The first kappa shape index (κ1) is 20.5. The fraction of sp³-hybridized carbons (Fsp3) is 0.682. The van der Waals surface area contributed by atoms with Crippen LogP contribution in [0.25, 0.3) is 0 Å². The Kier molecular flexibility index (Phi) is 5.30. The number of amides is 1. The lowest BCUT2D eigenvalue weighted by Crippen LogP contribution is -2.54. The second-order valence-electron chi connectivity index (χ2n) is 9.53. The molecule has 1 aromatic rings. The quantitative estimate of drug-likeness (QED) is 0.753. The summed E-state index contributed by atoms with van der Waals surface area (Å²) in [7, 11) is -2.87. The first-order valence-corrected chi connectivity index (χ1v) is 12.6. The molecule has 5 rings (SSSR count). The van der Waals surface area contributed by atoms with Gasteiger partial charge in [-0.15, -0.1) is 0 Å². The predicted molar refractivity (Wildman–Crippen MR) is 117 cm³/mol. The van der Waals surface area contributed by atoms with Crippen LogP contribution in [0.4, 0.5) is 11.4 Å². The van der Waals surface area contributed by atoms with Gasteiger partial charge in [-0.2, -0.15) is 0 Å². The normalized spacial score (nSPS) is 28.3. The van der Waals surface area contributed by atoms with Crippen molar-refractivity contribution in [3.05, 3.63) is 24.3 Å². The molecule has 0 radical (unpaired) electrons.